The van der Waals surface area contributed by atoms with Gasteiger partial charge in [-0.05, 0) is 43.5 Å². The SMILES string of the molecule is Cc1ccc(S(=O)(=O)N[C@H](CC(C)C)C(=O)OCC(=O)Nc2ccccc2)cc1. The van der Waals surface area contributed by atoms with Gasteiger partial charge in [-0.3, -0.25) is 9.59 Å². The number of hydrogen-bond donors (Lipinski definition) is 2. The Hall–Kier alpha value is -2.71. The fraction of sp³-hybridized carbons (Fsp3) is 0.333. The fourth-order valence-electron chi connectivity index (χ4n) is 2.59. The number of para-hydroxylation sites is 1. The van der Waals surface area contributed by atoms with Crippen molar-refractivity contribution in [1.82, 2.24) is 4.72 Å². The smallest absolute Gasteiger partial charge is 0.324 e. The lowest BCUT2D eigenvalue weighted by molar-refractivity contribution is -0.149. The molecule has 0 saturated heterocycles. The van der Waals surface area contributed by atoms with E-state index >= 15 is 0 Å². The van der Waals surface area contributed by atoms with Gasteiger partial charge in [0.25, 0.3) is 5.91 Å². The van der Waals surface area contributed by atoms with Crippen LogP contribution < -0.4 is 10.0 Å². The van der Waals surface area contributed by atoms with Crippen LogP contribution in [0.1, 0.15) is 25.8 Å². The molecule has 0 bridgehead atoms. The second-order valence-corrected chi connectivity index (χ2v) is 8.85. The zero-order valence-corrected chi connectivity index (χ0v) is 17.5. The molecule has 0 fully saturated rings. The molecule has 0 aliphatic heterocycles. The first kappa shape index (κ1) is 22.6. The summed E-state index contributed by atoms with van der Waals surface area (Å²) in [5.41, 5.74) is 1.50. The van der Waals surface area contributed by atoms with Crippen LogP contribution in [0.2, 0.25) is 0 Å². The van der Waals surface area contributed by atoms with Gasteiger partial charge in [0.15, 0.2) is 6.61 Å². The first-order chi connectivity index (χ1) is 13.7. The Morgan fingerprint density at radius 1 is 1.00 bits per heavy atom. The average molecular weight is 419 g/mol. The quantitative estimate of drug-likeness (QED) is 0.610. The highest BCUT2D eigenvalue weighted by atomic mass is 32.2. The first-order valence-electron chi connectivity index (χ1n) is 9.28. The number of rotatable bonds is 9. The van der Waals surface area contributed by atoms with Crippen LogP contribution in [-0.4, -0.2) is 32.9 Å². The van der Waals surface area contributed by atoms with Gasteiger partial charge in [0.05, 0.1) is 4.90 Å². The topological polar surface area (TPSA) is 102 Å². The second kappa shape index (κ2) is 10.2. The van der Waals surface area contributed by atoms with Crippen LogP contribution in [0.25, 0.3) is 0 Å². The van der Waals surface area contributed by atoms with Crippen molar-refractivity contribution in [1.29, 1.82) is 0 Å². The van der Waals surface area contributed by atoms with E-state index in [-0.39, 0.29) is 17.2 Å². The van der Waals surface area contributed by atoms with Crippen molar-refractivity contribution >= 4 is 27.6 Å². The monoisotopic (exact) mass is 418 g/mol. The second-order valence-electron chi connectivity index (χ2n) is 7.14. The van der Waals surface area contributed by atoms with Crippen molar-refractivity contribution in [2.45, 2.75) is 38.1 Å². The van der Waals surface area contributed by atoms with E-state index in [1.807, 2.05) is 26.8 Å². The van der Waals surface area contributed by atoms with Crippen molar-refractivity contribution in [3.05, 3.63) is 60.2 Å². The largest absolute Gasteiger partial charge is 0.454 e. The molecule has 2 rings (SSSR count). The number of aryl methyl sites for hydroxylation is 1. The van der Waals surface area contributed by atoms with Crippen molar-refractivity contribution in [3.8, 4) is 0 Å². The summed E-state index contributed by atoms with van der Waals surface area (Å²) in [6.07, 6.45) is 0.240. The van der Waals surface area contributed by atoms with Crippen LogP contribution >= 0.6 is 0 Å². The molecule has 7 nitrogen and oxygen atoms in total. The highest BCUT2D eigenvalue weighted by Crippen LogP contribution is 2.14. The first-order valence-corrected chi connectivity index (χ1v) is 10.8. The minimum atomic E-state index is -3.91. The lowest BCUT2D eigenvalue weighted by Gasteiger charge is -2.19. The third-order valence-electron chi connectivity index (χ3n) is 4.02. The molecule has 1 atom stereocenters. The maximum atomic E-state index is 12.6. The van der Waals surface area contributed by atoms with Crippen molar-refractivity contribution in [2.75, 3.05) is 11.9 Å². The fourth-order valence-corrected chi connectivity index (χ4v) is 3.79. The molecule has 0 unspecified atom stereocenters. The lowest BCUT2D eigenvalue weighted by Crippen LogP contribution is -2.43. The van der Waals surface area contributed by atoms with E-state index in [0.29, 0.717) is 5.69 Å². The molecule has 0 spiro atoms. The molecule has 0 saturated carbocycles. The van der Waals surface area contributed by atoms with Gasteiger partial charge in [0.1, 0.15) is 6.04 Å². The number of ether oxygens (including phenoxy) is 1. The Morgan fingerprint density at radius 2 is 1.62 bits per heavy atom. The standard InChI is InChI=1S/C21H26N2O5S/c1-15(2)13-19(23-29(26,27)18-11-9-16(3)10-12-18)21(25)28-14-20(24)22-17-7-5-4-6-8-17/h4-12,15,19,23H,13-14H2,1-3H3,(H,22,24)/t19-/m1/s1. The number of nitrogens with one attached hydrogen (secondary N) is 2. The van der Waals surface area contributed by atoms with E-state index in [4.69, 9.17) is 4.74 Å². The summed E-state index contributed by atoms with van der Waals surface area (Å²) in [5, 5.41) is 2.60. The summed E-state index contributed by atoms with van der Waals surface area (Å²) in [7, 11) is -3.91. The molecule has 8 heteroatoms. The Labute approximate surface area is 171 Å². The number of carbonyl (C=O) groups is 2. The Morgan fingerprint density at radius 3 is 2.21 bits per heavy atom. The number of sulfonamides is 1. The summed E-state index contributed by atoms with van der Waals surface area (Å²) in [5.74, 6) is -1.27. The summed E-state index contributed by atoms with van der Waals surface area (Å²) < 4.78 is 32.7. The van der Waals surface area contributed by atoms with Crippen LogP contribution in [-0.2, 0) is 24.3 Å². The molecule has 156 valence electrons. The Bertz CT molecular complexity index is 925. The number of anilines is 1. The highest BCUT2D eigenvalue weighted by Gasteiger charge is 2.28. The highest BCUT2D eigenvalue weighted by molar-refractivity contribution is 7.89. The number of benzene rings is 2. The molecule has 29 heavy (non-hydrogen) atoms. The summed E-state index contributed by atoms with van der Waals surface area (Å²) >= 11 is 0. The molecule has 2 aromatic rings. The van der Waals surface area contributed by atoms with E-state index in [2.05, 4.69) is 10.0 Å². The minimum absolute atomic E-state index is 0.0337. The zero-order valence-electron chi connectivity index (χ0n) is 16.7. The molecule has 2 N–H and O–H groups in total. The van der Waals surface area contributed by atoms with Gasteiger partial charge in [0.2, 0.25) is 10.0 Å². The van der Waals surface area contributed by atoms with Gasteiger partial charge in [-0.2, -0.15) is 4.72 Å². The van der Waals surface area contributed by atoms with Crippen LogP contribution in [0.5, 0.6) is 0 Å². The third-order valence-corrected chi connectivity index (χ3v) is 5.51. The lowest BCUT2D eigenvalue weighted by atomic mass is 10.1. The normalized spacial score (nSPS) is 12.4. The molecular weight excluding hydrogens is 392 g/mol. The zero-order chi connectivity index (χ0) is 21.4. The maximum Gasteiger partial charge on any atom is 0.324 e. The number of hydrogen-bond acceptors (Lipinski definition) is 5. The number of amides is 1. The molecule has 0 aliphatic carbocycles. The molecule has 0 radical (unpaired) electrons. The summed E-state index contributed by atoms with van der Waals surface area (Å²) in [6.45, 7) is 5.07. The van der Waals surface area contributed by atoms with Gasteiger partial charge >= 0.3 is 5.97 Å². The van der Waals surface area contributed by atoms with Crippen LogP contribution in [0.4, 0.5) is 5.69 Å². The molecule has 1 amide bonds. The van der Waals surface area contributed by atoms with Crippen molar-refractivity contribution < 1.29 is 22.7 Å². The predicted octanol–water partition coefficient (Wildman–Crippen LogP) is 2.87. The third kappa shape index (κ3) is 7.32. The Kier molecular flexibility index (Phi) is 7.92. The van der Waals surface area contributed by atoms with Crippen LogP contribution in [0.3, 0.4) is 0 Å². The average Bonchev–Trinajstić information content (AvgIpc) is 2.66. The van der Waals surface area contributed by atoms with Crippen molar-refractivity contribution in [3.63, 3.8) is 0 Å². The van der Waals surface area contributed by atoms with E-state index < -0.39 is 34.5 Å². The van der Waals surface area contributed by atoms with E-state index in [1.165, 1.54) is 12.1 Å². The summed E-state index contributed by atoms with van der Waals surface area (Å²) in [6, 6.07) is 14.0. The van der Waals surface area contributed by atoms with E-state index in [9.17, 15) is 18.0 Å². The van der Waals surface area contributed by atoms with Gasteiger partial charge in [-0.1, -0.05) is 49.7 Å². The molecule has 0 heterocycles. The van der Waals surface area contributed by atoms with Crippen LogP contribution in [0, 0.1) is 12.8 Å². The van der Waals surface area contributed by atoms with E-state index in [1.54, 1.807) is 36.4 Å². The number of esters is 1. The van der Waals surface area contributed by atoms with Gasteiger partial charge in [-0.15, -0.1) is 0 Å². The van der Waals surface area contributed by atoms with Gasteiger partial charge in [-0.25, -0.2) is 8.42 Å². The molecule has 0 aliphatic rings. The van der Waals surface area contributed by atoms with Gasteiger partial charge in [0, 0.05) is 5.69 Å². The van der Waals surface area contributed by atoms with Gasteiger partial charge < -0.3 is 10.1 Å². The molecule has 0 aromatic heterocycles. The number of carbonyl (C=O) groups excluding carboxylic acids is 2. The van der Waals surface area contributed by atoms with Crippen LogP contribution in [0.15, 0.2) is 59.5 Å². The molecule has 2 aromatic carbocycles. The summed E-state index contributed by atoms with van der Waals surface area (Å²) in [4.78, 5) is 24.5. The predicted molar refractivity (Wildman–Crippen MR) is 111 cm³/mol. The minimum Gasteiger partial charge on any atom is -0.454 e. The van der Waals surface area contributed by atoms with E-state index in [0.717, 1.165) is 5.56 Å². The Balaban J connectivity index is 2.01. The molecular formula is C21H26N2O5S. The maximum absolute atomic E-state index is 12.6. The van der Waals surface area contributed by atoms with Crippen molar-refractivity contribution in [2.24, 2.45) is 5.92 Å².